The molecule has 1 aliphatic rings. The summed E-state index contributed by atoms with van der Waals surface area (Å²) in [5.74, 6) is 0.0692. The molecule has 1 saturated heterocycles. The summed E-state index contributed by atoms with van der Waals surface area (Å²) in [7, 11) is 0. The lowest BCUT2D eigenvalue weighted by molar-refractivity contribution is -0.119. The smallest absolute Gasteiger partial charge is 0.217 e. The van der Waals surface area contributed by atoms with E-state index in [-0.39, 0.29) is 5.91 Å². The molecule has 0 atom stereocenters. The van der Waals surface area contributed by atoms with Crippen molar-refractivity contribution >= 4 is 27.5 Å². The molecule has 2 rings (SSSR count). The predicted molar refractivity (Wildman–Crippen MR) is 80.7 cm³/mol. The second-order valence-electron chi connectivity index (χ2n) is 5.10. The van der Waals surface area contributed by atoms with Gasteiger partial charge in [0.2, 0.25) is 5.91 Å². The zero-order chi connectivity index (χ0) is 13.8. The lowest BCUT2D eigenvalue weighted by atomic mass is 10.0. The molecule has 19 heavy (non-hydrogen) atoms. The molecule has 0 radical (unpaired) electrons. The number of rotatable bonds is 3. The van der Waals surface area contributed by atoms with Gasteiger partial charge in [0.15, 0.2) is 0 Å². The van der Waals surface area contributed by atoms with Crippen LogP contribution in [0.1, 0.15) is 25.3 Å². The van der Waals surface area contributed by atoms with Crippen LogP contribution in [0.15, 0.2) is 22.7 Å². The summed E-state index contributed by atoms with van der Waals surface area (Å²) < 4.78 is 1.07. The van der Waals surface area contributed by atoms with Crippen molar-refractivity contribution in [3.8, 4) is 0 Å². The third-order valence-corrected chi connectivity index (χ3v) is 4.20. The van der Waals surface area contributed by atoms with Gasteiger partial charge in [0.05, 0.1) is 0 Å². The number of hydrogen-bond acceptors (Lipinski definition) is 3. The summed E-state index contributed by atoms with van der Waals surface area (Å²) in [5, 5.41) is 2.99. The normalized spacial score (nSPS) is 17.4. The van der Waals surface area contributed by atoms with E-state index >= 15 is 0 Å². The van der Waals surface area contributed by atoms with E-state index < -0.39 is 0 Å². The largest absolute Gasteiger partial charge is 0.399 e. The van der Waals surface area contributed by atoms with Crippen molar-refractivity contribution in [3.63, 3.8) is 0 Å². The van der Waals surface area contributed by atoms with Gasteiger partial charge in [-0.1, -0.05) is 22.0 Å². The maximum atomic E-state index is 11.0. The molecule has 4 nitrogen and oxygen atoms in total. The first-order valence-corrected chi connectivity index (χ1v) is 7.37. The third kappa shape index (κ3) is 4.21. The first kappa shape index (κ1) is 14.3. The predicted octanol–water partition coefficient (Wildman–Crippen LogP) is 2.13. The van der Waals surface area contributed by atoms with E-state index in [9.17, 15) is 4.79 Å². The van der Waals surface area contributed by atoms with Gasteiger partial charge < -0.3 is 11.1 Å². The molecule has 1 fully saturated rings. The SMILES string of the molecule is CC(=O)NC1CCN(Cc2ccc(N)cc2Br)CC1. The molecule has 1 aromatic carbocycles. The number of piperidine rings is 1. The zero-order valence-electron chi connectivity index (χ0n) is 11.2. The zero-order valence-corrected chi connectivity index (χ0v) is 12.7. The van der Waals surface area contributed by atoms with Crippen molar-refractivity contribution in [3.05, 3.63) is 28.2 Å². The van der Waals surface area contributed by atoms with Crippen LogP contribution in [0.2, 0.25) is 0 Å². The van der Waals surface area contributed by atoms with Gasteiger partial charge in [0.25, 0.3) is 0 Å². The highest BCUT2D eigenvalue weighted by molar-refractivity contribution is 9.10. The van der Waals surface area contributed by atoms with Crippen LogP contribution < -0.4 is 11.1 Å². The minimum atomic E-state index is 0.0692. The minimum absolute atomic E-state index is 0.0692. The fourth-order valence-electron chi connectivity index (χ4n) is 2.46. The van der Waals surface area contributed by atoms with Gasteiger partial charge in [-0.15, -0.1) is 0 Å². The van der Waals surface area contributed by atoms with Crippen molar-refractivity contribution in [1.82, 2.24) is 10.2 Å². The Morgan fingerprint density at radius 2 is 2.16 bits per heavy atom. The monoisotopic (exact) mass is 325 g/mol. The van der Waals surface area contributed by atoms with Gasteiger partial charge in [-0.05, 0) is 30.5 Å². The van der Waals surface area contributed by atoms with E-state index in [2.05, 4.69) is 32.2 Å². The molecule has 0 spiro atoms. The fraction of sp³-hybridized carbons (Fsp3) is 0.500. The summed E-state index contributed by atoms with van der Waals surface area (Å²) in [4.78, 5) is 13.4. The third-order valence-electron chi connectivity index (χ3n) is 3.47. The Kier molecular flexibility index (Phi) is 4.82. The summed E-state index contributed by atoms with van der Waals surface area (Å²) in [5.41, 5.74) is 7.78. The Hall–Kier alpha value is -1.07. The van der Waals surface area contributed by atoms with Crippen molar-refractivity contribution in [1.29, 1.82) is 0 Å². The summed E-state index contributed by atoms with van der Waals surface area (Å²) >= 11 is 3.55. The van der Waals surface area contributed by atoms with Crippen LogP contribution >= 0.6 is 15.9 Å². The van der Waals surface area contributed by atoms with Crippen LogP contribution in [0.25, 0.3) is 0 Å². The minimum Gasteiger partial charge on any atom is -0.399 e. The standard InChI is InChI=1S/C14H20BrN3O/c1-10(19)17-13-4-6-18(7-5-13)9-11-2-3-12(16)8-14(11)15/h2-3,8,13H,4-7,9,16H2,1H3,(H,17,19). The molecule has 1 aromatic rings. The van der Waals surface area contributed by atoms with Crippen LogP contribution in [0.3, 0.4) is 0 Å². The molecular weight excluding hydrogens is 306 g/mol. The number of nitrogen functional groups attached to an aromatic ring is 1. The molecule has 1 heterocycles. The molecule has 104 valence electrons. The number of nitrogens with two attached hydrogens (primary N) is 1. The van der Waals surface area contributed by atoms with E-state index in [0.717, 1.165) is 42.6 Å². The number of nitrogens with zero attached hydrogens (tertiary/aromatic N) is 1. The second-order valence-corrected chi connectivity index (χ2v) is 5.96. The van der Waals surface area contributed by atoms with Gasteiger partial charge in [-0.25, -0.2) is 0 Å². The Balaban J connectivity index is 1.87. The number of carbonyl (C=O) groups excluding carboxylic acids is 1. The highest BCUT2D eigenvalue weighted by Crippen LogP contribution is 2.22. The Morgan fingerprint density at radius 1 is 1.47 bits per heavy atom. The number of hydrogen-bond donors (Lipinski definition) is 2. The van der Waals surface area contributed by atoms with Crippen LogP contribution in [0.5, 0.6) is 0 Å². The van der Waals surface area contributed by atoms with Crippen LogP contribution in [0, 0.1) is 0 Å². The molecule has 0 aromatic heterocycles. The van der Waals surface area contributed by atoms with Crippen molar-refractivity contribution in [2.45, 2.75) is 32.4 Å². The van der Waals surface area contributed by atoms with E-state index in [0.29, 0.717) is 6.04 Å². The number of likely N-dealkylation sites (tertiary alicyclic amines) is 1. The second kappa shape index (κ2) is 6.39. The van der Waals surface area contributed by atoms with Gasteiger partial charge in [0, 0.05) is 42.8 Å². The topological polar surface area (TPSA) is 58.4 Å². The molecule has 0 bridgehead atoms. The lowest BCUT2D eigenvalue weighted by Crippen LogP contribution is -2.43. The maximum Gasteiger partial charge on any atom is 0.217 e. The number of carbonyl (C=O) groups is 1. The van der Waals surface area contributed by atoms with Gasteiger partial charge in [0.1, 0.15) is 0 Å². The summed E-state index contributed by atoms with van der Waals surface area (Å²) in [6.07, 6.45) is 2.04. The molecule has 0 unspecified atom stereocenters. The van der Waals surface area contributed by atoms with Crippen LogP contribution in [0.4, 0.5) is 5.69 Å². The van der Waals surface area contributed by atoms with Gasteiger partial charge in [-0.3, -0.25) is 9.69 Å². The molecular formula is C14H20BrN3O. The van der Waals surface area contributed by atoms with Gasteiger partial charge >= 0.3 is 0 Å². The summed E-state index contributed by atoms with van der Waals surface area (Å²) in [6, 6.07) is 6.28. The number of amides is 1. The Morgan fingerprint density at radius 3 is 2.74 bits per heavy atom. The Labute approximate surface area is 122 Å². The molecule has 1 amide bonds. The van der Waals surface area contributed by atoms with E-state index in [1.807, 2.05) is 12.1 Å². The van der Waals surface area contributed by atoms with Crippen molar-refractivity contribution in [2.24, 2.45) is 0 Å². The maximum absolute atomic E-state index is 11.0. The van der Waals surface area contributed by atoms with Crippen molar-refractivity contribution in [2.75, 3.05) is 18.8 Å². The molecule has 5 heteroatoms. The summed E-state index contributed by atoms with van der Waals surface area (Å²) in [6.45, 7) is 4.54. The molecule has 3 N–H and O–H groups in total. The van der Waals surface area contributed by atoms with Crippen molar-refractivity contribution < 1.29 is 4.79 Å². The number of halogens is 1. The number of benzene rings is 1. The van der Waals surface area contributed by atoms with Gasteiger partial charge in [-0.2, -0.15) is 0 Å². The molecule has 1 aliphatic heterocycles. The highest BCUT2D eigenvalue weighted by Gasteiger charge is 2.20. The number of anilines is 1. The molecule has 0 aliphatic carbocycles. The average Bonchev–Trinajstić information content (AvgIpc) is 2.34. The van der Waals surface area contributed by atoms with E-state index in [1.165, 1.54) is 5.56 Å². The highest BCUT2D eigenvalue weighted by atomic mass is 79.9. The fourth-order valence-corrected chi connectivity index (χ4v) is 2.98. The van der Waals surface area contributed by atoms with E-state index in [4.69, 9.17) is 5.73 Å². The average molecular weight is 326 g/mol. The molecule has 0 saturated carbocycles. The number of nitrogens with one attached hydrogen (secondary N) is 1. The van der Waals surface area contributed by atoms with E-state index in [1.54, 1.807) is 6.92 Å². The first-order chi connectivity index (χ1) is 9.04. The lowest BCUT2D eigenvalue weighted by Gasteiger charge is -2.32. The Bertz CT molecular complexity index is 456. The quantitative estimate of drug-likeness (QED) is 0.837. The first-order valence-electron chi connectivity index (χ1n) is 6.58. The van der Waals surface area contributed by atoms with Crippen LogP contribution in [-0.2, 0) is 11.3 Å². The van der Waals surface area contributed by atoms with Crippen LogP contribution in [-0.4, -0.2) is 29.9 Å².